The van der Waals surface area contributed by atoms with Gasteiger partial charge in [-0.15, -0.1) is 5.10 Å². The minimum absolute atomic E-state index is 0.00645. The fraction of sp³-hybridized carbons (Fsp3) is 0.435. The minimum atomic E-state index is -0.626. The number of nitrogens with zero attached hydrogens (tertiary/aromatic N) is 4. The zero-order chi connectivity index (χ0) is 24.4. The van der Waals surface area contributed by atoms with Gasteiger partial charge in [0.15, 0.2) is 17.2 Å². The van der Waals surface area contributed by atoms with E-state index in [0.717, 1.165) is 50.4 Å². The number of nitrogens with one attached hydrogen (secondary N) is 4. The highest BCUT2D eigenvalue weighted by Gasteiger charge is 2.26. The van der Waals surface area contributed by atoms with Crippen LogP contribution < -0.4 is 27.0 Å². The molecule has 0 spiro atoms. The minimum Gasteiger partial charge on any atom is -0.379 e. The van der Waals surface area contributed by atoms with Gasteiger partial charge in [0.1, 0.15) is 5.82 Å². The molecule has 0 atom stereocenters. The lowest BCUT2D eigenvalue weighted by molar-refractivity contribution is -0.120. The Morgan fingerprint density at radius 1 is 1.03 bits per heavy atom. The van der Waals surface area contributed by atoms with E-state index in [-0.39, 0.29) is 35.9 Å². The Balaban J connectivity index is 1.36. The number of hydrogen-bond donors (Lipinski definition) is 5. The maximum Gasteiger partial charge on any atom is 0.276 e. The molecule has 5 rings (SSSR count). The lowest BCUT2D eigenvalue weighted by Gasteiger charge is -2.30. The van der Waals surface area contributed by atoms with Crippen molar-refractivity contribution < 1.29 is 14.0 Å². The summed E-state index contributed by atoms with van der Waals surface area (Å²) in [5.41, 5.74) is 6.92. The summed E-state index contributed by atoms with van der Waals surface area (Å²) in [6.07, 6.45) is 9.43. The summed E-state index contributed by atoms with van der Waals surface area (Å²) in [5, 5.41) is 17.1. The molecule has 3 heterocycles. The average molecular weight is 482 g/mol. The largest absolute Gasteiger partial charge is 0.379 e. The van der Waals surface area contributed by atoms with Crippen molar-refractivity contribution in [1.82, 2.24) is 24.9 Å². The van der Waals surface area contributed by atoms with Crippen LogP contribution in [0.4, 0.5) is 21.6 Å². The molecule has 11 nitrogen and oxygen atoms in total. The van der Waals surface area contributed by atoms with Gasteiger partial charge in [-0.1, -0.05) is 0 Å². The molecule has 2 amide bonds. The molecule has 184 valence electrons. The lowest BCUT2D eigenvalue weighted by Crippen LogP contribution is -2.42. The van der Waals surface area contributed by atoms with Crippen LogP contribution in [0.5, 0.6) is 0 Å². The number of hydrogen-bond acceptors (Lipinski definition) is 8. The third-order valence-electron chi connectivity index (χ3n) is 6.29. The van der Waals surface area contributed by atoms with Crippen LogP contribution in [0.2, 0.25) is 0 Å². The van der Waals surface area contributed by atoms with Gasteiger partial charge in [-0.2, -0.15) is 0 Å². The molecule has 2 saturated carbocycles. The first-order valence-corrected chi connectivity index (χ1v) is 11.8. The summed E-state index contributed by atoms with van der Waals surface area (Å²) in [6.45, 7) is -0.00645. The molecule has 0 radical (unpaired) electrons. The van der Waals surface area contributed by atoms with Crippen LogP contribution in [0.1, 0.15) is 49.0 Å². The number of carbonyl (C=O) groups is 2. The fourth-order valence-electron chi connectivity index (χ4n) is 4.29. The van der Waals surface area contributed by atoms with Crippen molar-refractivity contribution in [3.8, 4) is 0 Å². The number of halogens is 1. The Hall–Kier alpha value is -3.80. The van der Waals surface area contributed by atoms with E-state index >= 15 is 0 Å². The number of anilines is 3. The molecule has 3 aromatic heterocycles. The topological polar surface area (TPSA) is 151 Å². The first-order chi connectivity index (χ1) is 17.0. The maximum absolute atomic E-state index is 14.0. The van der Waals surface area contributed by atoms with Crippen molar-refractivity contribution in [2.45, 2.75) is 56.7 Å². The standard InChI is InChI=1S/C23H28FN9O2/c24-16-11-26-8-7-17(16)31-23(35)19-12-27-22-18(28-13-1-2-13)9-20(32-33(19)22)29-14-3-5-15(6-4-14)30-21(34)10-25/h7-9,11-15,28H,1-6,10,25H2,(H,29,32)(H,30,34)(H,26,31,35). The van der Waals surface area contributed by atoms with Crippen molar-refractivity contribution in [2.24, 2.45) is 5.73 Å². The van der Waals surface area contributed by atoms with Gasteiger partial charge in [0.25, 0.3) is 5.91 Å². The van der Waals surface area contributed by atoms with Crippen LogP contribution in [0.25, 0.3) is 5.65 Å². The van der Waals surface area contributed by atoms with Crippen molar-refractivity contribution in [3.05, 3.63) is 42.2 Å². The molecule has 3 aromatic rings. The number of amides is 2. The van der Waals surface area contributed by atoms with Crippen LogP contribution >= 0.6 is 0 Å². The second-order valence-electron chi connectivity index (χ2n) is 9.01. The molecule has 0 saturated heterocycles. The van der Waals surface area contributed by atoms with Gasteiger partial charge in [0, 0.05) is 30.4 Å². The Morgan fingerprint density at radius 2 is 1.74 bits per heavy atom. The predicted molar refractivity (Wildman–Crippen MR) is 129 cm³/mol. The van der Waals surface area contributed by atoms with Gasteiger partial charge in [-0.25, -0.2) is 13.9 Å². The Morgan fingerprint density at radius 3 is 2.46 bits per heavy atom. The number of fused-ring (bicyclic) bond motifs is 1. The number of rotatable bonds is 8. The highest BCUT2D eigenvalue weighted by atomic mass is 19.1. The number of pyridine rings is 1. The summed E-state index contributed by atoms with van der Waals surface area (Å²) < 4.78 is 15.5. The van der Waals surface area contributed by atoms with E-state index in [1.807, 2.05) is 6.07 Å². The van der Waals surface area contributed by atoms with Crippen molar-refractivity contribution >= 4 is 34.7 Å². The highest BCUT2D eigenvalue weighted by Crippen LogP contribution is 2.30. The molecule has 0 aliphatic heterocycles. The van der Waals surface area contributed by atoms with E-state index < -0.39 is 11.7 Å². The monoisotopic (exact) mass is 481 g/mol. The normalized spacial score (nSPS) is 19.8. The molecule has 0 unspecified atom stereocenters. The first-order valence-electron chi connectivity index (χ1n) is 11.8. The second-order valence-corrected chi connectivity index (χ2v) is 9.01. The molecule has 2 aliphatic carbocycles. The van der Waals surface area contributed by atoms with Gasteiger partial charge in [0.2, 0.25) is 5.91 Å². The molecular formula is C23H28FN9O2. The molecule has 0 bridgehead atoms. The zero-order valence-corrected chi connectivity index (χ0v) is 19.1. The fourth-order valence-corrected chi connectivity index (χ4v) is 4.29. The van der Waals surface area contributed by atoms with E-state index in [9.17, 15) is 14.0 Å². The van der Waals surface area contributed by atoms with E-state index in [0.29, 0.717) is 17.5 Å². The third-order valence-corrected chi connectivity index (χ3v) is 6.29. The van der Waals surface area contributed by atoms with Crippen LogP contribution in [0.3, 0.4) is 0 Å². The first kappa shape index (κ1) is 23.0. The van der Waals surface area contributed by atoms with Gasteiger partial charge in [-0.05, 0) is 44.6 Å². The SMILES string of the molecule is NCC(=O)NC1CCC(Nc2cc(NC3CC3)c3ncc(C(=O)Nc4ccncc4F)n3n2)CC1. The van der Waals surface area contributed by atoms with E-state index in [1.54, 1.807) is 0 Å². The number of nitrogens with two attached hydrogens (primary N) is 1. The van der Waals surface area contributed by atoms with Gasteiger partial charge in [0.05, 0.1) is 30.3 Å². The van der Waals surface area contributed by atoms with Crippen LogP contribution in [0, 0.1) is 5.82 Å². The Bertz CT molecular complexity index is 1230. The summed E-state index contributed by atoms with van der Waals surface area (Å²) >= 11 is 0. The second kappa shape index (κ2) is 9.82. The van der Waals surface area contributed by atoms with Crippen molar-refractivity contribution in [2.75, 3.05) is 22.5 Å². The van der Waals surface area contributed by atoms with Crippen molar-refractivity contribution in [3.63, 3.8) is 0 Å². The molecule has 2 fully saturated rings. The summed E-state index contributed by atoms with van der Waals surface area (Å²) in [7, 11) is 0. The quantitative estimate of drug-likeness (QED) is 0.327. The summed E-state index contributed by atoms with van der Waals surface area (Å²) in [4.78, 5) is 32.6. The molecule has 12 heteroatoms. The number of aromatic nitrogens is 4. The molecule has 0 aromatic carbocycles. The predicted octanol–water partition coefficient (Wildman–Crippen LogP) is 1.89. The Kier molecular flexibility index (Phi) is 6.45. The van der Waals surface area contributed by atoms with Crippen LogP contribution in [-0.4, -0.2) is 56.1 Å². The molecular weight excluding hydrogens is 453 g/mol. The van der Waals surface area contributed by atoms with E-state index in [1.165, 1.54) is 23.0 Å². The van der Waals surface area contributed by atoms with Gasteiger partial charge in [-0.3, -0.25) is 14.6 Å². The smallest absolute Gasteiger partial charge is 0.276 e. The van der Waals surface area contributed by atoms with E-state index in [2.05, 4.69) is 36.3 Å². The number of imidazole rings is 1. The van der Waals surface area contributed by atoms with Gasteiger partial charge >= 0.3 is 0 Å². The number of carbonyl (C=O) groups excluding carboxylic acids is 2. The lowest BCUT2D eigenvalue weighted by atomic mass is 9.91. The average Bonchev–Trinajstić information content (AvgIpc) is 3.57. The molecule has 2 aliphatic rings. The van der Waals surface area contributed by atoms with Gasteiger partial charge < -0.3 is 27.0 Å². The molecule has 6 N–H and O–H groups in total. The van der Waals surface area contributed by atoms with Crippen LogP contribution in [0.15, 0.2) is 30.7 Å². The van der Waals surface area contributed by atoms with Crippen LogP contribution in [-0.2, 0) is 4.79 Å². The van der Waals surface area contributed by atoms with E-state index in [4.69, 9.17) is 5.73 Å². The van der Waals surface area contributed by atoms with Crippen molar-refractivity contribution in [1.29, 1.82) is 0 Å². The Labute approximate surface area is 201 Å². The molecule has 35 heavy (non-hydrogen) atoms. The summed E-state index contributed by atoms with van der Waals surface area (Å²) in [5.74, 6) is -0.681. The summed E-state index contributed by atoms with van der Waals surface area (Å²) in [6, 6.07) is 3.97. The zero-order valence-electron chi connectivity index (χ0n) is 19.1. The third kappa shape index (κ3) is 5.32. The maximum atomic E-state index is 14.0. The highest BCUT2D eigenvalue weighted by molar-refractivity contribution is 6.03.